The average Bonchev–Trinajstić information content (AvgIpc) is 2.21. The first-order valence-electron chi connectivity index (χ1n) is 5.32. The van der Waals surface area contributed by atoms with Gasteiger partial charge < -0.3 is 11.1 Å². The van der Waals surface area contributed by atoms with Crippen molar-refractivity contribution >= 4 is 11.6 Å². The van der Waals surface area contributed by atoms with Gasteiger partial charge in [0.05, 0.1) is 0 Å². The van der Waals surface area contributed by atoms with Gasteiger partial charge in [-0.15, -0.1) is 0 Å². The van der Waals surface area contributed by atoms with Gasteiger partial charge in [0.25, 0.3) is 0 Å². The molecule has 0 heterocycles. The predicted molar refractivity (Wildman–Crippen MR) is 66.2 cm³/mol. The van der Waals surface area contributed by atoms with E-state index in [0.717, 1.165) is 35.7 Å². The predicted octanol–water partition coefficient (Wildman–Crippen LogP) is 2.48. The molecule has 1 atom stereocenters. The molecule has 84 valence electrons. The van der Waals surface area contributed by atoms with E-state index >= 15 is 0 Å². The smallest absolute Gasteiger partial charge is 0.0480 e. The van der Waals surface area contributed by atoms with E-state index in [1.807, 2.05) is 19.1 Å². The number of hydrogen-bond donors (Lipinski definition) is 2. The molecule has 0 aliphatic carbocycles. The van der Waals surface area contributed by atoms with E-state index in [2.05, 4.69) is 18.3 Å². The maximum Gasteiger partial charge on any atom is 0.0480 e. The summed E-state index contributed by atoms with van der Waals surface area (Å²) in [6, 6.07) is 6.55. The van der Waals surface area contributed by atoms with E-state index in [4.69, 9.17) is 17.3 Å². The number of rotatable bonds is 5. The van der Waals surface area contributed by atoms with Gasteiger partial charge in [-0.05, 0) is 37.9 Å². The fraction of sp³-hybridized carbons (Fsp3) is 0.500. The van der Waals surface area contributed by atoms with Crippen LogP contribution in [0.15, 0.2) is 18.2 Å². The summed E-state index contributed by atoms with van der Waals surface area (Å²) in [5, 5.41) is 4.27. The van der Waals surface area contributed by atoms with Crippen molar-refractivity contribution in [2.45, 2.75) is 32.9 Å². The molecule has 0 aromatic heterocycles. The minimum atomic E-state index is 0.437. The second-order valence-electron chi connectivity index (χ2n) is 3.91. The molecular formula is C12H19ClN2. The topological polar surface area (TPSA) is 38.0 Å². The van der Waals surface area contributed by atoms with E-state index in [1.54, 1.807) is 0 Å². The normalized spacial score (nSPS) is 12.8. The van der Waals surface area contributed by atoms with Gasteiger partial charge in [-0.1, -0.05) is 29.8 Å². The third kappa shape index (κ3) is 3.82. The van der Waals surface area contributed by atoms with Crippen LogP contribution in [0.2, 0.25) is 5.02 Å². The molecule has 0 aliphatic rings. The van der Waals surface area contributed by atoms with Crippen molar-refractivity contribution in [1.29, 1.82) is 0 Å². The summed E-state index contributed by atoms with van der Waals surface area (Å²) in [4.78, 5) is 0. The summed E-state index contributed by atoms with van der Waals surface area (Å²) >= 11 is 6.19. The molecule has 1 aromatic carbocycles. The van der Waals surface area contributed by atoms with Crippen molar-refractivity contribution in [1.82, 2.24) is 5.32 Å². The monoisotopic (exact) mass is 226 g/mol. The Morgan fingerprint density at radius 3 is 2.87 bits per heavy atom. The van der Waals surface area contributed by atoms with Crippen LogP contribution in [-0.4, -0.2) is 12.6 Å². The Balaban J connectivity index is 2.54. The highest BCUT2D eigenvalue weighted by Crippen LogP contribution is 2.20. The Morgan fingerprint density at radius 2 is 2.20 bits per heavy atom. The lowest BCUT2D eigenvalue weighted by Gasteiger charge is -2.14. The summed E-state index contributed by atoms with van der Waals surface area (Å²) in [5.74, 6) is 0. The van der Waals surface area contributed by atoms with Crippen molar-refractivity contribution in [2.24, 2.45) is 5.73 Å². The highest BCUT2D eigenvalue weighted by Gasteiger charge is 2.04. The van der Waals surface area contributed by atoms with Crippen LogP contribution in [0.3, 0.4) is 0 Å². The van der Waals surface area contributed by atoms with E-state index in [0.29, 0.717) is 6.04 Å². The van der Waals surface area contributed by atoms with Crippen LogP contribution in [0, 0.1) is 6.92 Å². The average molecular weight is 227 g/mol. The molecule has 3 N–H and O–H groups in total. The summed E-state index contributed by atoms with van der Waals surface area (Å²) in [6.07, 6.45) is 0.990. The van der Waals surface area contributed by atoms with Crippen LogP contribution < -0.4 is 11.1 Å². The van der Waals surface area contributed by atoms with Gasteiger partial charge in [0.1, 0.15) is 0 Å². The van der Waals surface area contributed by atoms with E-state index in [-0.39, 0.29) is 0 Å². The maximum absolute atomic E-state index is 6.19. The highest BCUT2D eigenvalue weighted by molar-refractivity contribution is 6.32. The summed E-state index contributed by atoms with van der Waals surface area (Å²) < 4.78 is 0. The molecule has 0 amide bonds. The second-order valence-corrected chi connectivity index (χ2v) is 4.29. The lowest BCUT2D eigenvalue weighted by atomic mass is 10.1. The Hall–Kier alpha value is -0.570. The Morgan fingerprint density at radius 1 is 1.47 bits per heavy atom. The lowest BCUT2D eigenvalue weighted by Crippen LogP contribution is -2.27. The number of halogens is 1. The van der Waals surface area contributed by atoms with Gasteiger partial charge in [-0.3, -0.25) is 0 Å². The molecule has 15 heavy (non-hydrogen) atoms. The molecule has 3 heteroatoms. The fourth-order valence-corrected chi connectivity index (χ4v) is 1.67. The zero-order valence-electron chi connectivity index (χ0n) is 9.39. The van der Waals surface area contributed by atoms with Crippen molar-refractivity contribution in [3.05, 3.63) is 34.3 Å². The first-order chi connectivity index (χ1) is 7.15. The largest absolute Gasteiger partial charge is 0.330 e. The molecule has 1 unspecified atom stereocenters. The Labute approximate surface area is 96.8 Å². The molecule has 0 fully saturated rings. The van der Waals surface area contributed by atoms with Crippen LogP contribution in [-0.2, 0) is 6.54 Å². The van der Waals surface area contributed by atoms with Crippen LogP contribution >= 0.6 is 11.6 Å². The standard InChI is InChI=1S/C12H19ClN2/c1-9-4-3-5-11(12(9)13)8-15-10(2)6-7-14/h3-5,10,15H,6-8,14H2,1-2H3. The summed E-state index contributed by atoms with van der Waals surface area (Å²) in [7, 11) is 0. The van der Waals surface area contributed by atoms with Gasteiger partial charge in [0.15, 0.2) is 0 Å². The Bertz CT molecular complexity index is 312. The second kappa shape index (κ2) is 6.11. The number of hydrogen-bond acceptors (Lipinski definition) is 2. The molecule has 1 rings (SSSR count). The molecule has 0 aliphatic heterocycles. The van der Waals surface area contributed by atoms with Crippen LogP contribution in [0.1, 0.15) is 24.5 Å². The minimum Gasteiger partial charge on any atom is -0.330 e. The molecule has 2 nitrogen and oxygen atoms in total. The van der Waals surface area contributed by atoms with Crippen molar-refractivity contribution in [2.75, 3.05) is 6.54 Å². The quantitative estimate of drug-likeness (QED) is 0.810. The van der Waals surface area contributed by atoms with Gasteiger partial charge in [0, 0.05) is 17.6 Å². The van der Waals surface area contributed by atoms with Crippen molar-refractivity contribution < 1.29 is 0 Å². The number of nitrogens with two attached hydrogens (primary N) is 1. The maximum atomic E-state index is 6.19. The molecule has 1 aromatic rings. The molecular weight excluding hydrogens is 208 g/mol. The summed E-state index contributed by atoms with van der Waals surface area (Å²) in [5.41, 5.74) is 7.77. The minimum absolute atomic E-state index is 0.437. The van der Waals surface area contributed by atoms with E-state index in [9.17, 15) is 0 Å². The van der Waals surface area contributed by atoms with Gasteiger partial charge in [-0.2, -0.15) is 0 Å². The van der Waals surface area contributed by atoms with E-state index < -0.39 is 0 Å². The Kier molecular flexibility index (Phi) is 5.09. The summed E-state index contributed by atoms with van der Waals surface area (Å²) in [6.45, 7) is 5.68. The molecule has 0 saturated heterocycles. The molecule has 0 radical (unpaired) electrons. The van der Waals surface area contributed by atoms with Crippen LogP contribution in [0.5, 0.6) is 0 Å². The number of nitrogens with one attached hydrogen (secondary N) is 1. The zero-order chi connectivity index (χ0) is 11.3. The zero-order valence-corrected chi connectivity index (χ0v) is 10.1. The van der Waals surface area contributed by atoms with Gasteiger partial charge in [0.2, 0.25) is 0 Å². The number of benzene rings is 1. The molecule has 0 bridgehead atoms. The van der Waals surface area contributed by atoms with E-state index in [1.165, 1.54) is 0 Å². The third-order valence-electron chi connectivity index (χ3n) is 2.51. The lowest BCUT2D eigenvalue weighted by molar-refractivity contribution is 0.520. The van der Waals surface area contributed by atoms with Gasteiger partial charge >= 0.3 is 0 Å². The first-order valence-corrected chi connectivity index (χ1v) is 5.70. The highest BCUT2D eigenvalue weighted by atomic mass is 35.5. The fourth-order valence-electron chi connectivity index (χ4n) is 1.48. The van der Waals surface area contributed by atoms with Crippen molar-refractivity contribution in [3.8, 4) is 0 Å². The number of aryl methyl sites for hydroxylation is 1. The van der Waals surface area contributed by atoms with Crippen molar-refractivity contribution in [3.63, 3.8) is 0 Å². The third-order valence-corrected chi connectivity index (χ3v) is 3.05. The SMILES string of the molecule is Cc1cccc(CNC(C)CCN)c1Cl. The first kappa shape index (κ1) is 12.5. The van der Waals surface area contributed by atoms with Crippen LogP contribution in [0.4, 0.5) is 0 Å². The molecule has 0 spiro atoms. The molecule has 0 saturated carbocycles. The van der Waals surface area contributed by atoms with Crippen LogP contribution in [0.25, 0.3) is 0 Å². The van der Waals surface area contributed by atoms with Gasteiger partial charge in [-0.25, -0.2) is 0 Å².